The SMILES string of the molecule is Cn1ncc(C(N)CC(N)=O)c1Br. The molecule has 1 aromatic heterocycles. The second kappa shape index (κ2) is 3.89. The van der Waals surface area contributed by atoms with Gasteiger partial charge in [0, 0.05) is 25.1 Å². The number of carbonyl (C=O) groups excluding carboxylic acids is 1. The molecular weight excluding hydrogens is 236 g/mol. The maximum absolute atomic E-state index is 10.6. The van der Waals surface area contributed by atoms with E-state index in [1.54, 1.807) is 17.9 Å². The van der Waals surface area contributed by atoms with Crippen LogP contribution in [0.2, 0.25) is 0 Å². The molecule has 72 valence electrons. The van der Waals surface area contributed by atoms with E-state index in [4.69, 9.17) is 11.5 Å². The first kappa shape index (κ1) is 10.2. The lowest BCUT2D eigenvalue weighted by Crippen LogP contribution is -2.20. The molecule has 0 aliphatic rings. The average Bonchev–Trinajstić information content (AvgIpc) is 2.31. The quantitative estimate of drug-likeness (QED) is 0.791. The standard InChI is InChI=1S/C7H11BrN4O/c1-12-7(8)4(3-11-12)5(9)2-6(10)13/h3,5H,2,9H2,1H3,(H2,10,13). The van der Waals surface area contributed by atoms with Gasteiger partial charge in [0.15, 0.2) is 0 Å². The Bertz CT molecular complexity index is 322. The van der Waals surface area contributed by atoms with Gasteiger partial charge in [-0.25, -0.2) is 0 Å². The van der Waals surface area contributed by atoms with Gasteiger partial charge in [0.05, 0.1) is 6.20 Å². The summed E-state index contributed by atoms with van der Waals surface area (Å²) in [7, 11) is 1.78. The van der Waals surface area contributed by atoms with E-state index < -0.39 is 5.91 Å². The summed E-state index contributed by atoms with van der Waals surface area (Å²) in [6, 6.07) is -0.388. The summed E-state index contributed by atoms with van der Waals surface area (Å²) >= 11 is 3.31. The highest BCUT2D eigenvalue weighted by Crippen LogP contribution is 2.22. The number of halogens is 1. The van der Waals surface area contributed by atoms with E-state index in [1.165, 1.54) is 0 Å². The van der Waals surface area contributed by atoms with Gasteiger partial charge in [-0.15, -0.1) is 0 Å². The average molecular weight is 247 g/mol. The van der Waals surface area contributed by atoms with Gasteiger partial charge in [0.1, 0.15) is 4.60 Å². The van der Waals surface area contributed by atoms with Crippen LogP contribution in [-0.4, -0.2) is 15.7 Å². The minimum Gasteiger partial charge on any atom is -0.370 e. The lowest BCUT2D eigenvalue weighted by atomic mass is 10.1. The van der Waals surface area contributed by atoms with E-state index in [9.17, 15) is 4.79 Å². The first-order chi connectivity index (χ1) is 6.02. The zero-order chi connectivity index (χ0) is 10.0. The van der Waals surface area contributed by atoms with E-state index in [0.29, 0.717) is 0 Å². The predicted octanol–water partition coefficient (Wildman–Crippen LogP) is 0.0578. The van der Waals surface area contributed by atoms with Crippen LogP contribution >= 0.6 is 15.9 Å². The Balaban J connectivity index is 2.82. The Labute approximate surface area is 84.2 Å². The number of nitrogens with two attached hydrogens (primary N) is 2. The van der Waals surface area contributed by atoms with Gasteiger partial charge in [-0.1, -0.05) is 0 Å². The number of aryl methyl sites for hydroxylation is 1. The normalized spacial score (nSPS) is 12.8. The van der Waals surface area contributed by atoms with Crippen LogP contribution in [-0.2, 0) is 11.8 Å². The Morgan fingerprint density at radius 1 is 1.85 bits per heavy atom. The smallest absolute Gasteiger partial charge is 0.219 e. The molecule has 0 bridgehead atoms. The van der Waals surface area contributed by atoms with E-state index in [1.807, 2.05) is 0 Å². The van der Waals surface area contributed by atoms with E-state index >= 15 is 0 Å². The molecule has 0 aliphatic heterocycles. The molecule has 0 aliphatic carbocycles. The molecule has 1 rings (SSSR count). The fraction of sp³-hybridized carbons (Fsp3) is 0.429. The predicted molar refractivity (Wildman–Crippen MR) is 51.6 cm³/mol. The Morgan fingerprint density at radius 2 is 2.46 bits per heavy atom. The summed E-state index contributed by atoms with van der Waals surface area (Å²) in [4.78, 5) is 10.6. The molecule has 4 N–H and O–H groups in total. The molecule has 0 radical (unpaired) electrons. The topological polar surface area (TPSA) is 86.9 Å². The maximum atomic E-state index is 10.6. The number of nitrogens with zero attached hydrogens (tertiary/aromatic N) is 2. The van der Waals surface area contributed by atoms with E-state index in [0.717, 1.165) is 10.2 Å². The molecule has 0 aromatic carbocycles. The van der Waals surface area contributed by atoms with Crippen molar-refractivity contribution >= 4 is 21.8 Å². The molecule has 1 amide bonds. The van der Waals surface area contributed by atoms with Crippen molar-refractivity contribution in [1.82, 2.24) is 9.78 Å². The van der Waals surface area contributed by atoms with Crippen LogP contribution in [0.3, 0.4) is 0 Å². The van der Waals surface area contributed by atoms with Crippen molar-refractivity contribution in [2.75, 3.05) is 0 Å². The highest BCUT2D eigenvalue weighted by Gasteiger charge is 2.15. The van der Waals surface area contributed by atoms with Gasteiger partial charge in [0.2, 0.25) is 5.91 Å². The molecule has 1 unspecified atom stereocenters. The first-order valence-corrected chi connectivity index (χ1v) is 4.53. The van der Waals surface area contributed by atoms with Crippen molar-refractivity contribution in [2.45, 2.75) is 12.5 Å². The molecule has 1 atom stereocenters. The van der Waals surface area contributed by atoms with Crippen LogP contribution in [0.1, 0.15) is 18.0 Å². The maximum Gasteiger partial charge on any atom is 0.219 e. The van der Waals surface area contributed by atoms with Crippen LogP contribution in [0.25, 0.3) is 0 Å². The Kier molecular flexibility index (Phi) is 3.05. The number of hydrogen-bond acceptors (Lipinski definition) is 3. The van der Waals surface area contributed by atoms with Crippen molar-refractivity contribution < 1.29 is 4.79 Å². The zero-order valence-corrected chi connectivity index (χ0v) is 8.78. The van der Waals surface area contributed by atoms with Crippen molar-refractivity contribution in [3.05, 3.63) is 16.4 Å². The molecule has 0 spiro atoms. The molecule has 1 aromatic rings. The summed E-state index contributed by atoms with van der Waals surface area (Å²) < 4.78 is 2.41. The highest BCUT2D eigenvalue weighted by atomic mass is 79.9. The molecule has 0 fully saturated rings. The minimum atomic E-state index is -0.414. The molecule has 0 saturated heterocycles. The molecular formula is C7H11BrN4O. The van der Waals surface area contributed by atoms with Crippen molar-refractivity contribution in [2.24, 2.45) is 18.5 Å². The van der Waals surface area contributed by atoms with E-state index in [-0.39, 0.29) is 12.5 Å². The second-order valence-electron chi connectivity index (χ2n) is 2.79. The van der Waals surface area contributed by atoms with Crippen LogP contribution < -0.4 is 11.5 Å². The van der Waals surface area contributed by atoms with Gasteiger partial charge in [-0.2, -0.15) is 5.10 Å². The van der Waals surface area contributed by atoms with Crippen LogP contribution in [0.4, 0.5) is 0 Å². The fourth-order valence-corrected chi connectivity index (χ4v) is 1.50. The Morgan fingerprint density at radius 3 is 2.85 bits per heavy atom. The van der Waals surface area contributed by atoms with Crippen molar-refractivity contribution in [1.29, 1.82) is 0 Å². The number of amides is 1. The van der Waals surface area contributed by atoms with Crippen LogP contribution in [0.5, 0.6) is 0 Å². The van der Waals surface area contributed by atoms with Crippen molar-refractivity contribution in [3.63, 3.8) is 0 Å². The first-order valence-electron chi connectivity index (χ1n) is 3.73. The fourth-order valence-electron chi connectivity index (χ4n) is 1.02. The second-order valence-corrected chi connectivity index (χ2v) is 3.54. The lowest BCUT2D eigenvalue weighted by Gasteiger charge is -2.07. The summed E-state index contributed by atoms with van der Waals surface area (Å²) in [5.74, 6) is -0.414. The largest absolute Gasteiger partial charge is 0.370 e. The number of primary amides is 1. The number of aromatic nitrogens is 2. The molecule has 13 heavy (non-hydrogen) atoms. The monoisotopic (exact) mass is 246 g/mol. The van der Waals surface area contributed by atoms with Gasteiger partial charge >= 0.3 is 0 Å². The Hall–Kier alpha value is -0.880. The summed E-state index contributed by atoms with van der Waals surface area (Å²) in [6.07, 6.45) is 1.75. The van der Waals surface area contributed by atoms with Gasteiger partial charge in [-0.3, -0.25) is 9.48 Å². The summed E-state index contributed by atoms with van der Waals surface area (Å²) in [5.41, 5.74) is 11.5. The van der Waals surface area contributed by atoms with Crippen LogP contribution in [0, 0.1) is 0 Å². The van der Waals surface area contributed by atoms with Crippen molar-refractivity contribution in [3.8, 4) is 0 Å². The number of carbonyl (C=O) groups is 1. The summed E-state index contributed by atoms with van der Waals surface area (Å²) in [6.45, 7) is 0. The van der Waals surface area contributed by atoms with Gasteiger partial charge in [0.25, 0.3) is 0 Å². The van der Waals surface area contributed by atoms with Gasteiger partial charge in [-0.05, 0) is 15.9 Å². The number of rotatable bonds is 3. The third-order valence-corrected chi connectivity index (χ3v) is 2.68. The third kappa shape index (κ3) is 2.28. The third-order valence-electron chi connectivity index (χ3n) is 1.71. The molecule has 5 nitrogen and oxygen atoms in total. The zero-order valence-electron chi connectivity index (χ0n) is 7.20. The lowest BCUT2D eigenvalue weighted by molar-refractivity contribution is -0.118. The summed E-state index contributed by atoms with van der Waals surface area (Å²) in [5, 5.41) is 3.98. The number of hydrogen-bond donors (Lipinski definition) is 2. The van der Waals surface area contributed by atoms with Crippen LogP contribution in [0.15, 0.2) is 10.8 Å². The molecule has 6 heteroatoms. The highest BCUT2D eigenvalue weighted by molar-refractivity contribution is 9.10. The van der Waals surface area contributed by atoms with Gasteiger partial charge < -0.3 is 11.5 Å². The minimum absolute atomic E-state index is 0.129. The molecule has 1 heterocycles. The molecule has 0 saturated carbocycles. The van der Waals surface area contributed by atoms with E-state index in [2.05, 4.69) is 21.0 Å².